The quantitative estimate of drug-likeness (QED) is 0.769. The first-order valence-corrected chi connectivity index (χ1v) is 10.2. The van der Waals surface area contributed by atoms with Crippen molar-refractivity contribution in [3.8, 4) is 0 Å². The van der Waals surface area contributed by atoms with Gasteiger partial charge in [0.05, 0.1) is 18.4 Å². The van der Waals surface area contributed by atoms with Crippen molar-refractivity contribution in [3.05, 3.63) is 28.8 Å². The number of anilines is 1. The lowest BCUT2D eigenvalue weighted by Crippen LogP contribution is -2.44. The molecule has 0 aromatic heterocycles. The van der Waals surface area contributed by atoms with Crippen molar-refractivity contribution in [2.24, 2.45) is 11.8 Å². The van der Waals surface area contributed by atoms with Gasteiger partial charge in [-0.15, -0.1) is 0 Å². The number of nitrogens with zero attached hydrogens (tertiary/aromatic N) is 2. The van der Waals surface area contributed by atoms with Gasteiger partial charge >= 0.3 is 0 Å². The summed E-state index contributed by atoms with van der Waals surface area (Å²) in [5, 5.41) is 2.86. The maximum atomic E-state index is 12.6. The zero-order valence-corrected chi connectivity index (χ0v) is 17.6. The van der Waals surface area contributed by atoms with E-state index in [9.17, 15) is 19.2 Å². The van der Waals surface area contributed by atoms with Crippen molar-refractivity contribution in [1.82, 2.24) is 9.80 Å². The highest BCUT2D eigenvalue weighted by Gasteiger charge is 2.48. The van der Waals surface area contributed by atoms with Gasteiger partial charge < -0.3 is 10.2 Å². The van der Waals surface area contributed by atoms with Crippen molar-refractivity contribution in [1.29, 1.82) is 0 Å². The molecule has 2 atom stereocenters. The fourth-order valence-corrected chi connectivity index (χ4v) is 4.50. The van der Waals surface area contributed by atoms with Crippen LogP contribution >= 0.6 is 0 Å². The van der Waals surface area contributed by atoms with E-state index < -0.39 is 5.91 Å². The summed E-state index contributed by atoms with van der Waals surface area (Å²) in [7, 11) is 1.51. The summed E-state index contributed by atoms with van der Waals surface area (Å²) >= 11 is 0. The molecule has 3 rings (SSSR count). The highest BCUT2D eigenvalue weighted by molar-refractivity contribution is 6.07. The van der Waals surface area contributed by atoms with Crippen molar-refractivity contribution in [3.63, 3.8) is 0 Å². The molecule has 0 bridgehead atoms. The average Bonchev–Trinajstić information content (AvgIpc) is 2.90. The Morgan fingerprint density at radius 2 is 1.55 bits per heavy atom. The number of fused-ring (bicyclic) bond motifs is 1. The summed E-state index contributed by atoms with van der Waals surface area (Å²) in [6.07, 6.45) is 3.32. The van der Waals surface area contributed by atoms with Crippen LogP contribution in [0.3, 0.4) is 0 Å². The maximum absolute atomic E-state index is 12.6. The topological polar surface area (TPSA) is 86.8 Å². The summed E-state index contributed by atoms with van der Waals surface area (Å²) in [5.41, 5.74) is 3.78. The second-order valence-corrected chi connectivity index (χ2v) is 8.33. The first-order valence-electron chi connectivity index (χ1n) is 10.2. The summed E-state index contributed by atoms with van der Waals surface area (Å²) < 4.78 is 0. The smallest absolute Gasteiger partial charge is 0.243 e. The predicted molar refractivity (Wildman–Crippen MR) is 109 cm³/mol. The zero-order valence-electron chi connectivity index (χ0n) is 17.6. The molecule has 29 heavy (non-hydrogen) atoms. The molecule has 7 nitrogen and oxygen atoms in total. The van der Waals surface area contributed by atoms with E-state index in [1.54, 1.807) is 0 Å². The molecule has 1 aliphatic heterocycles. The Morgan fingerprint density at radius 3 is 2.07 bits per heavy atom. The second kappa shape index (κ2) is 8.35. The number of likely N-dealkylation sites (N-methyl/N-ethyl adjacent to an activating group) is 1. The summed E-state index contributed by atoms with van der Waals surface area (Å²) in [4.78, 5) is 52.4. The fourth-order valence-electron chi connectivity index (χ4n) is 4.50. The number of hydrogen-bond acceptors (Lipinski definition) is 4. The molecule has 1 heterocycles. The third-order valence-electron chi connectivity index (χ3n) is 5.97. The van der Waals surface area contributed by atoms with Crippen molar-refractivity contribution in [2.45, 2.75) is 46.5 Å². The lowest BCUT2D eigenvalue weighted by atomic mass is 9.81. The molecule has 0 spiro atoms. The summed E-state index contributed by atoms with van der Waals surface area (Å²) in [5.74, 6) is -1.76. The van der Waals surface area contributed by atoms with E-state index in [-0.39, 0.29) is 42.6 Å². The van der Waals surface area contributed by atoms with Crippen molar-refractivity contribution in [2.75, 3.05) is 25.5 Å². The van der Waals surface area contributed by atoms with E-state index in [4.69, 9.17) is 0 Å². The van der Waals surface area contributed by atoms with Crippen LogP contribution in [0.5, 0.6) is 0 Å². The summed E-state index contributed by atoms with van der Waals surface area (Å²) in [6.45, 7) is 5.41. The van der Waals surface area contributed by atoms with Crippen molar-refractivity contribution >= 4 is 29.3 Å². The molecular formula is C22H29N3O4. The molecule has 1 aromatic carbocycles. The Hall–Kier alpha value is -2.70. The fraction of sp³-hybridized carbons (Fsp3) is 0.545. The van der Waals surface area contributed by atoms with E-state index in [1.165, 1.54) is 11.9 Å². The first-order chi connectivity index (χ1) is 13.7. The molecule has 2 fully saturated rings. The molecule has 0 unspecified atom stereocenters. The van der Waals surface area contributed by atoms with Gasteiger partial charge in [-0.3, -0.25) is 24.1 Å². The Morgan fingerprint density at radius 1 is 1.03 bits per heavy atom. The first kappa shape index (κ1) is 21.0. The molecule has 7 heteroatoms. The van der Waals surface area contributed by atoms with Gasteiger partial charge in [-0.05, 0) is 44.7 Å². The van der Waals surface area contributed by atoms with Crippen LogP contribution in [0.15, 0.2) is 12.1 Å². The van der Waals surface area contributed by atoms with Gasteiger partial charge in [0.25, 0.3) is 0 Å². The molecule has 0 radical (unpaired) electrons. The normalized spacial score (nSPS) is 21.2. The number of rotatable bonds is 5. The predicted octanol–water partition coefficient (Wildman–Crippen LogP) is 2.18. The van der Waals surface area contributed by atoms with Crippen LogP contribution in [0.2, 0.25) is 0 Å². The highest BCUT2D eigenvalue weighted by atomic mass is 16.2. The van der Waals surface area contributed by atoms with Crippen LogP contribution in [0.25, 0.3) is 0 Å². The molecule has 1 saturated heterocycles. The van der Waals surface area contributed by atoms with Gasteiger partial charge in [-0.25, -0.2) is 0 Å². The molecular weight excluding hydrogens is 370 g/mol. The van der Waals surface area contributed by atoms with Gasteiger partial charge in [-0.1, -0.05) is 30.5 Å². The van der Waals surface area contributed by atoms with E-state index in [0.717, 1.165) is 40.1 Å². The largest absolute Gasteiger partial charge is 0.335 e. The Kier molecular flexibility index (Phi) is 6.05. The maximum Gasteiger partial charge on any atom is 0.243 e. The monoisotopic (exact) mass is 399 g/mol. The minimum absolute atomic E-state index is 0.144. The lowest BCUT2D eigenvalue weighted by Gasteiger charge is -2.21. The number of aryl methyl sites for hydroxylation is 3. The number of nitrogens with one attached hydrogen (secondary N) is 1. The van der Waals surface area contributed by atoms with E-state index in [0.29, 0.717) is 12.8 Å². The van der Waals surface area contributed by atoms with Gasteiger partial charge in [0.2, 0.25) is 23.6 Å². The number of benzene rings is 1. The third-order valence-corrected chi connectivity index (χ3v) is 5.97. The zero-order chi connectivity index (χ0) is 21.3. The summed E-state index contributed by atoms with van der Waals surface area (Å²) in [6, 6.07) is 3.98. The van der Waals surface area contributed by atoms with Gasteiger partial charge in [0.1, 0.15) is 6.54 Å². The third kappa shape index (κ3) is 4.33. The minimum atomic E-state index is -0.419. The highest BCUT2D eigenvalue weighted by Crippen LogP contribution is 2.37. The molecule has 2 aliphatic rings. The number of amides is 4. The standard InChI is InChI=1S/C22H29N3O4/c1-13-9-14(2)20(15(3)10-13)23-18(26)11-24(4)19(27)12-25-21(28)16-7-5-6-8-17(16)22(25)29/h9-10,16-17H,5-8,11-12H2,1-4H3,(H,23,26)/t16-,17-/m1/s1. The Labute approximate surface area is 171 Å². The van der Waals surface area contributed by atoms with Gasteiger partial charge in [0.15, 0.2) is 0 Å². The lowest BCUT2D eigenvalue weighted by molar-refractivity contribution is -0.146. The van der Waals surface area contributed by atoms with Crippen LogP contribution in [-0.2, 0) is 19.2 Å². The Bertz CT molecular complexity index is 817. The number of imide groups is 1. The number of carbonyl (C=O) groups is 4. The number of hydrogen-bond donors (Lipinski definition) is 1. The van der Waals surface area contributed by atoms with Crippen LogP contribution in [0.4, 0.5) is 5.69 Å². The molecule has 1 saturated carbocycles. The molecule has 156 valence electrons. The van der Waals surface area contributed by atoms with Crippen LogP contribution in [0.1, 0.15) is 42.4 Å². The Balaban J connectivity index is 1.59. The average molecular weight is 399 g/mol. The molecule has 1 N–H and O–H groups in total. The van der Waals surface area contributed by atoms with Crippen LogP contribution < -0.4 is 5.32 Å². The SMILES string of the molecule is Cc1cc(C)c(NC(=O)CN(C)C(=O)CN2C(=O)[C@@H]3CCCC[C@H]3C2=O)c(C)c1. The van der Waals surface area contributed by atoms with Gasteiger partial charge in [0, 0.05) is 12.7 Å². The van der Waals surface area contributed by atoms with E-state index >= 15 is 0 Å². The second-order valence-electron chi connectivity index (χ2n) is 8.33. The minimum Gasteiger partial charge on any atom is -0.335 e. The molecule has 1 aliphatic carbocycles. The van der Waals surface area contributed by atoms with Crippen LogP contribution in [-0.4, -0.2) is 53.6 Å². The van der Waals surface area contributed by atoms with E-state index in [1.807, 2.05) is 32.9 Å². The molecule has 4 amide bonds. The number of carbonyl (C=O) groups excluding carboxylic acids is 4. The van der Waals surface area contributed by atoms with E-state index in [2.05, 4.69) is 5.32 Å². The molecule has 1 aromatic rings. The van der Waals surface area contributed by atoms with Gasteiger partial charge in [-0.2, -0.15) is 0 Å². The number of likely N-dealkylation sites (tertiary alicyclic amines) is 1. The van der Waals surface area contributed by atoms with Crippen molar-refractivity contribution < 1.29 is 19.2 Å². The van der Waals surface area contributed by atoms with Crippen LogP contribution in [0, 0.1) is 32.6 Å².